The molecule has 1 N–H and O–H groups in total. The molecule has 0 aliphatic carbocycles. The van der Waals surface area contributed by atoms with E-state index in [9.17, 15) is 4.79 Å². The van der Waals surface area contributed by atoms with E-state index in [1.807, 2.05) is 26.8 Å². The molecule has 0 atom stereocenters. The molecular formula is C14H22N2O2. The first-order valence-electron chi connectivity index (χ1n) is 6.05. The molecule has 0 aromatic carbocycles. The molecule has 18 heavy (non-hydrogen) atoms. The second-order valence-corrected chi connectivity index (χ2v) is 6.28. The lowest BCUT2D eigenvalue weighted by Crippen LogP contribution is -2.28. The number of nitrogens with one attached hydrogen (secondary N) is 1. The monoisotopic (exact) mass is 250 g/mol. The van der Waals surface area contributed by atoms with Crippen molar-refractivity contribution in [3.8, 4) is 0 Å². The zero-order valence-electron chi connectivity index (χ0n) is 12.0. The maximum absolute atomic E-state index is 11.7. The van der Waals surface area contributed by atoms with Gasteiger partial charge in [0, 0.05) is 11.6 Å². The molecule has 0 radical (unpaired) electrons. The van der Waals surface area contributed by atoms with Gasteiger partial charge in [-0.25, -0.2) is 4.79 Å². The standard InChI is InChI=1S/C14H22N2O2/c1-13(2,3)11-10(8-7-9-15-11)16-12(17)18-14(4,5)6/h7-9H,1-6H3,(H,16,17). The van der Waals surface area contributed by atoms with Crippen molar-refractivity contribution in [2.45, 2.75) is 52.6 Å². The van der Waals surface area contributed by atoms with Gasteiger partial charge in [-0.3, -0.25) is 10.3 Å². The molecule has 1 aromatic heterocycles. The minimum atomic E-state index is -0.506. The lowest BCUT2D eigenvalue weighted by atomic mass is 9.90. The maximum Gasteiger partial charge on any atom is 0.412 e. The number of nitrogens with zero attached hydrogens (tertiary/aromatic N) is 1. The third-order valence-corrected chi connectivity index (χ3v) is 2.15. The lowest BCUT2D eigenvalue weighted by molar-refractivity contribution is 0.0635. The molecule has 0 unspecified atom stereocenters. The summed E-state index contributed by atoms with van der Waals surface area (Å²) in [6.07, 6.45) is 1.27. The molecule has 0 spiro atoms. The van der Waals surface area contributed by atoms with E-state index in [4.69, 9.17) is 4.74 Å². The highest BCUT2D eigenvalue weighted by molar-refractivity contribution is 5.85. The zero-order valence-corrected chi connectivity index (χ0v) is 12.0. The minimum absolute atomic E-state index is 0.133. The Morgan fingerprint density at radius 2 is 1.83 bits per heavy atom. The van der Waals surface area contributed by atoms with Gasteiger partial charge in [0.15, 0.2) is 0 Å². The Bertz CT molecular complexity index is 428. The van der Waals surface area contributed by atoms with Gasteiger partial charge in [0.05, 0.1) is 11.4 Å². The van der Waals surface area contributed by atoms with Crippen LogP contribution in [-0.2, 0) is 10.2 Å². The van der Waals surface area contributed by atoms with Crippen LogP contribution in [0, 0.1) is 0 Å². The normalized spacial score (nSPS) is 12.1. The number of hydrogen-bond donors (Lipinski definition) is 1. The Morgan fingerprint density at radius 3 is 2.33 bits per heavy atom. The number of carbonyl (C=O) groups excluding carboxylic acids is 1. The first-order valence-corrected chi connectivity index (χ1v) is 6.05. The average Bonchev–Trinajstić information content (AvgIpc) is 2.13. The quantitative estimate of drug-likeness (QED) is 0.826. The van der Waals surface area contributed by atoms with Crippen LogP contribution in [-0.4, -0.2) is 16.7 Å². The Morgan fingerprint density at radius 1 is 1.22 bits per heavy atom. The fraction of sp³-hybridized carbons (Fsp3) is 0.571. The summed E-state index contributed by atoms with van der Waals surface area (Å²) in [5, 5.41) is 2.75. The molecule has 0 bridgehead atoms. The third kappa shape index (κ3) is 4.35. The molecule has 4 nitrogen and oxygen atoms in total. The van der Waals surface area contributed by atoms with Gasteiger partial charge in [-0.1, -0.05) is 20.8 Å². The SMILES string of the molecule is CC(C)(C)OC(=O)Nc1cccnc1C(C)(C)C. The topological polar surface area (TPSA) is 51.2 Å². The molecule has 0 saturated heterocycles. The van der Waals surface area contributed by atoms with Crippen molar-refractivity contribution in [1.29, 1.82) is 0 Å². The van der Waals surface area contributed by atoms with Crippen molar-refractivity contribution in [2.75, 3.05) is 5.32 Å². The number of aromatic nitrogens is 1. The smallest absolute Gasteiger partial charge is 0.412 e. The van der Waals surface area contributed by atoms with Gasteiger partial charge >= 0.3 is 6.09 Å². The Labute approximate surface area is 109 Å². The Hall–Kier alpha value is -1.58. The summed E-state index contributed by atoms with van der Waals surface area (Å²) < 4.78 is 5.23. The fourth-order valence-corrected chi connectivity index (χ4v) is 1.52. The number of ether oxygens (including phenoxy) is 1. The van der Waals surface area contributed by atoms with Gasteiger partial charge in [-0.2, -0.15) is 0 Å². The van der Waals surface area contributed by atoms with E-state index in [0.717, 1.165) is 5.69 Å². The van der Waals surface area contributed by atoms with E-state index in [2.05, 4.69) is 31.1 Å². The predicted molar refractivity (Wildman–Crippen MR) is 72.8 cm³/mol. The van der Waals surface area contributed by atoms with Crippen molar-refractivity contribution in [1.82, 2.24) is 4.98 Å². The molecule has 4 heteroatoms. The van der Waals surface area contributed by atoms with Crippen molar-refractivity contribution < 1.29 is 9.53 Å². The van der Waals surface area contributed by atoms with Crippen LogP contribution in [0.3, 0.4) is 0 Å². The van der Waals surface area contributed by atoms with Crippen LogP contribution in [0.1, 0.15) is 47.2 Å². The summed E-state index contributed by atoms with van der Waals surface area (Å²) in [6.45, 7) is 11.7. The van der Waals surface area contributed by atoms with Gasteiger partial charge in [-0.05, 0) is 32.9 Å². The highest BCUT2D eigenvalue weighted by Crippen LogP contribution is 2.27. The summed E-state index contributed by atoms with van der Waals surface area (Å²) in [4.78, 5) is 16.1. The average molecular weight is 250 g/mol. The summed E-state index contributed by atoms with van der Waals surface area (Å²) in [5.41, 5.74) is 0.898. The van der Waals surface area contributed by atoms with Gasteiger partial charge in [0.1, 0.15) is 5.60 Å². The van der Waals surface area contributed by atoms with Crippen LogP contribution in [0.25, 0.3) is 0 Å². The number of hydrogen-bond acceptors (Lipinski definition) is 3. The fourth-order valence-electron chi connectivity index (χ4n) is 1.52. The second-order valence-electron chi connectivity index (χ2n) is 6.28. The second kappa shape index (κ2) is 4.96. The summed E-state index contributed by atoms with van der Waals surface area (Å²) in [7, 11) is 0. The summed E-state index contributed by atoms with van der Waals surface area (Å²) in [6, 6.07) is 3.62. The number of carbonyl (C=O) groups is 1. The van der Waals surface area contributed by atoms with Crippen molar-refractivity contribution >= 4 is 11.8 Å². The molecule has 0 aliphatic heterocycles. The highest BCUT2D eigenvalue weighted by atomic mass is 16.6. The third-order valence-electron chi connectivity index (χ3n) is 2.15. The zero-order chi connectivity index (χ0) is 14.0. The first kappa shape index (κ1) is 14.5. The molecule has 0 saturated carbocycles. The largest absolute Gasteiger partial charge is 0.444 e. The Balaban J connectivity index is 2.89. The van der Waals surface area contributed by atoms with Gasteiger partial charge in [0.2, 0.25) is 0 Å². The van der Waals surface area contributed by atoms with Crippen LogP contribution in [0.15, 0.2) is 18.3 Å². The van der Waals surface area contributed by atoms with Gasteiger partial charge in [0.25, 0.3) is 0 Å². The lowest BCUT2D eigenvalue weighted by Gasteiger charge is -2.23. The van der Waals surface area contributed by atoms with Crippen LogP contribution in [0.2, 0.25) is 0 Å². The van der Waals surface area contributed by atoms with Crippen LogP contribution in [0.5, 0.6) is 0 Å². The van der Waals surface area contributed by atoms with E-state index in [-0.39, 0.29) is 5.41 Å². The van der Waals surface area contributed by atoms with Crippen molar-refractivity contribution in [3.05, 3.63) is 24.0 Å². The van der Waals surface area contributed by atoms with Crippen molar-refractivity contribution in [2.24, 2.45) is 0 Å². The molecule has 1 rings (SSSR count). The highest BCUT2D eigenvalue weighted by Gasteiger charge is 2.22. The van der Waals surface area contributed by atoms with Gasteiger partial charge in [-0.15, -0.1) is 0 Å². The molecule has 0 fully saturated rings. The minimum Gasteiger partial charge on any atom is -0.444 e. The Kier molecular flexibility index (Phi) is 3.99. The van der Waals surface area contributed by atoms with Gasteiger partial charge < -0.3 is 4.74 Å². The van der Waals surface area contributed by atoms with Crippen LogP contribution in [0.4, 0.5) is 10.5 Å². The summed E-state index contributed by atoms with van der Waals surface area (Å²) >= 11 is 0. The van der Waals surface area contributed by atoms with Crippen LogP contribution >= 0.6 is 0 Å². The van der Waals surface area contributed by atoms with E-state index in [0.29, 0.717) is 5.69 Å². The van der Waals surface area contributed by atoms with E-state index in [1.54, 1.807) is 12.3 Å². The molecule has 1 heterocycles. The van der Waals surface area contributed by atoms with E-state index >= 15 is 0 Å². The first-order chi connectivity index (χ1) is 8.09. The molecule has 1 amide bonds. The molecular weight excluding hydrogens is 228 g/mol. The number of rotatable bonds is 1. The molecule has 0 aliphatic rings. The van der Waals surface area contributed by atoms with Crippen LogP contribution < -0.4 is 5.32 Å². The van der Waals surface area contributed by atoms with E-state index in [1.165, 1.54) is 0 Å². The molecule has 100 valence electrons. The number of amides is 1. The van der Waals surface area contributed by atoms with E-state index < -0.39 is 11.7 Å². The predicted octanol–water partition coefficient (Wildman–Crippen LogP) is 3.73. The number of pyridine rings is 1. The van der Waals surface area contributed by atoms with Crippen molar-refractivity contribution in [3.63, 3.8) is 0 Å². The number of anilines is 1. The molecule has 1 aromatic rings. The summed E-state index contributed by atoms with van der Waals surface area (Å²) in [5.74, 6) is 0. The maximum atomic E-state index is 11.7.